The molecule has 0 aliphatic carbocycles. The molecular weight excluding hydrogens is 231 g/mol. The first-order valence-corrected chi connectivity index (χ1v) is 5.51. The van der Waals surface area contributed by atoms with Gasteiger partial charge in [0.25, 0.3) is 0 Å². The Bertz CT molecular complexity index is 733. The average molecular weight is 242 g/mol. The molecule has 3 aromatic rings. The number of benzene rings is 1. The number of hydrogen-bond donors (Lipinski definition) is 2. The highest BCUT2D eigenvalue weighted by Crippen LogP contribution is 2.24. The number of rotatable bonds is 1. The van der Waals surface area contributed by atoms with Crippen LogP contribution >= 0.6 is 0 Å². The number of nitrogen functional groups attached to an aromatic ring is 1. The number of halogens is 1. The Morgan fingerprint density at radius 3 is 2.94 bits per heavy atom. The fraction of sp³-hybridized carbons (Fsp3) is 0.0769. The van der Waals surface area contributed by atoms with E-state index >= 15 is 0 Å². The van der Waals surface area contributed by atoms with Crippen molar-refractivity contribution in [2.45, 2.75) is 6.92 Å². The number of H-pyrrole nitrogens is 1. The molecule has 2 aromatic heterocycles. The Morgan fingerprint density at radius 2 is 2.11 bits per heavy atom. The molecule has 3 rings (SSSR count). The van der Waals surface area contributed by atoms with Crippen LogP contribution in [0, 0.1) is 12.7 Å². The number of nitrogens with one attached hydrogen (secondary N) is 1. The monoisotopic (exact) mass is 242 g/mol. The molecule has 0 aliphatic heterocycles. The van der Waals surface area contributed by atoms with Crippen LogP contribution in [0.25, 0.3) is 22.6 Å². The Balaban J connectivity index is 2.22. The number of hydrogen-bond acceptors (Lipinski definition) is 3. The number of fused-ring (bicyclic) bond motifs is 1. The van der Waals surface area contributed by atoms with Gasteiger partial charge in [0.1, 0.15) is 11.6 Å². The Kier molecular flexibility index (Phi) is 2.26. The van der Waals surface area contributed by atoms with Gasteiger partial charge in [0, 0.05) is 11.9 Å². The van der Waals surface area contributed by atoms with Crippen LogP contribution in [0.2, 0.25) is 0 Å². The number of nitrogens with two attached hydrogens (primary N) is 1. The molecular formula is C13H11FN4. The number of pyridine rings is 1. The summed E-state index contributed by atoms with van der Waals surface area (Å²) >= 11 is 0. The molecule has 1 aromatic carbocycles. The summed E-state index contributed by atoms with van der Waals surface area (Å²) in [4.78, 5) is 11.5. The lowest BCUT2D eigenvalue weighted by molar-refractivity contribution is 0.630. The summed E-state index contributed by atoms with van der Waals surface area (Å²) in [5, 5.41) is 0. The van der Waals surface area contributed by atoms with Crippen LogP contribution in [0.5, 0.6) is 0 Å². The summed E-state index contributed by atoms with van der Waals surface area (Å²) in [6.07, 6.45) is 1.72. The molecule has 2 heterocycles. The molecule has 0 atom stereocenters. The second-order valence-corrected chi connectivity index (χ2v) is 4.21. The van der Waals surface area contributed by atoms with Crippen LogP contribution in [0.15, 0.2) is 30.5 Å². The largest absolute Gasteiger partial charge is 0.399 e. The Labute approximate surface area is 103 Å². The van der Waals surface area contributed by atoms with E-state index in [4.69, 9.17) is 5.73 Å². The van der Waals surface area contributed by atoms with Gasteiger partial charge in [0.05, 0.1) is 11.1 Å². The maximum Gasteiger partial charge on any atom is 0.178 e. The summed E-state index contributed by atoms with van der Waals surface area (Å²) in [6.45, 7) is 1.94. The lowest BCUT2D eigenvalue weighted by Crippen LogP contribution is -1.90. The van der Waals surface area contributed by atoms with Crippen molar-refractivity contribution in [2.75, 3.05) is 5.73 Å². The van der Waals surface area contributed by atoms with E-state index in [1.165, 1.54) is 12.1 Å². The van der Waals surface area contributed by atoms with Gasteiger partial charge >= 0.3 is 0 Å². The highest BCUT2D eigenvalue weighted by molar-refractivity contribution is 5.77. The van der Waals surface area contributed by atoms with Crippen LogP contribution < -0.4 is 5.73 Å². The van der Waals surface area contributed by atoms with E-state index < -0.39 is 0 Å². The summed E-state index contributed by atoms with van der Waals surface area (Å²) in [5.41, 5.74) is 8.88. The van der Waals surface area contributed by atoms with Gasteiger partial charge in [-0.3, -0.25) is 0 Å². The Hall–Kier alpha value is -2.43. The van der Waals surface area contributed by atoms with Crippen LogP contribution in [-0.2, 0) is 0 Å². The van der Waals surface area contributed by atoms with Crippen molar-refractivity contribution in [3.63, 3.8) is 0 Å². The highest BCUT2D eigenvalue weighted by atomic mass is 19.1. The predicted octanol–water partition coefficient (Wildman–Crippen LogP) is 2.65. The minimum Gasteiger partial charge on any atom is -0.399 e. The van der Waals surface area contributed by atoms with Crippen molar-refractivity contribution in [3.05, 3.63) is 41.8 Å². The molecule has 3 N–H and O–H groups in total. The molecule has 0 fully saturated rings. The number of imidazole rings is 1. The second-order valence-electron chi connectivity index (χ2n) is 4.21. The van der Waals surface area contributed by atoms with Crippen molar-refractivity contribution in [1.82, 2.24) is 15.0 Å². The molecule has 0 unspecified atom stereocenters. The number of aromatic amines is 1. The number of aromatic nitrogens is 3. The third-order valence-corrected chi connectivity index (χ3v) is 2.72. The van der Waals surface area contributed by atoms with Gasteiger partial charge in [-0.15, -0.1) is 0 Å². The zero-order valence-electron chi connectivity index (χ0n) is 9.74. The number of anilines is 1. The molecule has 0 spiro atoms. The van der Waals surface area contributed by atoms with Gasteiger partial charge in [0.2, 0.25) is 0 Å². The van der Waals surface area contributed by atoms with Crippen LogP contribution in [0.1, 0.15) is 5.56 Å². The summed E-state index contributed by atoms with van der Waals surface area (Å²) in [6, 6.07) is 6.32. The first-order valence-electron chi connectivity index (χ1n) is 5.51. The van der Waals surface area contributed by atoms with Gasteiger partial charge < -0.3 is 10.7 Å². The highest BCUT2D eigenvalue weighted by Gasteiger charge is 2.11. The first-order chi connectivity index (χ1) is 8.63. The van der Waals surface area contributed by atoms with Gasteiger partial charge in [-0.1, -0.05) is 0 Å². The van der Waals surface area contributed by atoms with Crippen molar-refractivity contribution < 1.29 is 4.39 Å². The van der Waals surface area contributed by atoms with Crippen molar-refractivity contribution in [2.24, 2.45) is 0 Å². The summed E-state index contributed by atoms with van der Waals surface area (Å²) < 4.78 is 13.7. The maximum absolute atomic E-state index is 13.7. The lowest BCUT2D eigenvalue weighted by Gasteiger charge is -2.00. The van der Waals surface area contributed by atoms with E-state index in [0.717, 1.165) is 11.1 Å². The molecule has 0 aliphatic rings. The van der Waals surface area contributed by atoms with E-state index in [9.17, 15) is 4.39 Å². The molecule has 90 valence electrons. The topological polar surface area (TPSA) is 67.6 Å². The smallest absolute Gasteiger partial charge is 0.178 e. The SMILES string of the molecule is Cc1cnc2nc(-c3cc(N)ccc3F)[nH]c2c1. The fourth-order valence-corrected chi connectivity index (χ4v) is 1.86. The van der Waals surface area contributed by atoms with Crippen LogP contribution in [0.3, 0.4) is 0 Å². The minimum absolute atomic E-state index is 0.352. The van der Waals surface area contributed by atoms with Crippen molar-refractivity contribution in [3.8, 4) is 11.4 Å². The maximum atomic E-state index is 13.7. The van der Waals surface area contributed by atoms with Gasteiger partial charge in [-0.25, -0.2) is 14.4 Å². The van der Waals surface area contributed by atoms with E-state index in [-0.39, 0.29) is 5.82 Å². The Morgan fingerprint density at radius 1 is 1.28 bits per heavy atom. The lowest BCUT2D eigenvalue weighted by atomic mass is 10.2. The summed E-state index contributed by atoms with van der Waals surface area (Å²) in [5.74, 6) is 0.0767. The van der Waals surface area contributed by atoms with E-state index in [0.29, 0.717) is 22.7 Å². The average Bonchev–Trinajstić information content (AvgIpc) is 2.74. The van der Waals surface area contributed by atoms with Gasteiger partial charge in [0.15, 0.2) is 5.65 Å². The van der Waals surface area contributed by atoms with Crippen molar-refractivity contribution >= 4 is 16.9 Å². The van der Waals surface area contributed by atoms with Gasteiger partial charge in [-0.2, -0.15) is 0 Å². The number of nitrogens with zero attached hydrogens (tertiary/aromatic N) is 2. The molecule has 0 saturated heterocycles. The predicted molar refractivity (Wildman–Crippen MR) is 68.4 cm³/mol. The standard InChI is InChI=1S/C13H11FN4/c1-7-4-11-13(16-6-7)18-12(17-11)9-5-8(15)2-3-10(9)14/h2-6H,15H2,1H3,(H,16,17,18). The molecule has 5 heteroatoms. The zero-order valence-corrected chi connectivity index (χ0v) is 9.74. The van der Waals surface area contributed by atoms with Crippen molar-refractivity contribution in [1.29, 1.82) is 0 Å². The molecule has 0 bridgehead atoms. The van der Waals surface area contributed by atoms with E-state index in [1.807, 2.05) is 13.0 Å². The minimum atomic E-state index is -0.361. The second kappa shape index (κ2) is 3.80. The van der Waals surface area contributed by atoms with E-state index in [1.54, 1.807) is 12.3 Å². The molecule has 18 heavy (non-hydrogen) atoms. The normalized spacial score (nSPS) is 11.0. The third-order valence-electron chi connectivity index (χ3n) is 2.72. The van der Waals surface area contributed by atoms with E-state index in [2.05, 4.69) is 15.0 Å². The third kappa shape index (κ3) is 1.69. The summed E-state index contributed by atoms with van der Waals surface area (Å²) in [7, 11) is 0. The zero-order chi connectivity index (χ0) is 12.7. The molecule has 4 nitrogen and oxygen atoms in total. The molecule has 0 radical (unpaired) electrons. The fourth-order valence-electron chi connectivity index (χ4n) is 1.86. The number of aryl methyl sites for hydroxylation is 1. The van der Waals surface area contributed by atoms with Gasteiger partial charge in [-0.05, 0) is 36.8 Å². The molecule has 0 saturated carbocycles. The first kappa shape index (κ1) is 10.7. The molecule has 0 amide bonds. The van der Waals surface area contributed by atoms with Crippen LogP contribution in [-0.4, -0.2) is 15.0 Å². The quantitative estimate of drug-likeness (QED) is 0.644. The van der Waals surface area contributed by atoms with Crippen LogP contribution in [0.4, 0.5) is 10.1 Å².